The standard InChI is InChI=1S/C15H22N2O2/c1-15(2,3)19-14(18)17-9-8-12(10-17)11-4-6-13(16)7-5-11/h4-7,12H,8-10,16H2,1-3H3/t12-/m1/s1. The normalized spacial score (nSPS) is 19.5. The van der Waals surface area contributed by atoms with Gasteiger partial charge >= 0.3 is 6.09 Å². The molecule has 0 spiro atoms. The summed E-state index contributed by atoms with van der Waals surface area (Å²) >= 11 is 0. The van der Waals surface area contributed by atoms with E-state index in [4.69, 9.17) is 10.5 Å². The van der Waals surface area contributed by atoms with Crippen LogP contribution in [0.15, 0.2) is 24.3 Å². The van der Waals surface area contributed by atoms with Gasteiger partial charge in [0.15, 0.2) is 0 Å². The van der Waals surface area contributed by atoms with Crippen LogP contribution in [-0.4, -0.2) is 29.7 Å². The minimum Gasteiger partial charge on any atom is -0.444 e. The molecular weight excluding hydrogens is 240 g/mol. The van der Waals surface area contributed by atoms with E-state index in [1.165, 1.54) is 5.56 Å². The van der Waals surface area contributed by atoms with E-state index in [-0.39, 0.29) is 6.09 Å². The molecule has 1 fully saturated rings. The SMILES string of the molecule is CC(C)(C)OC(=O)N1CC[C@@H](c2ccc(N)cc2)C1. The molecule has 19 heavy (non-hydrogen) atoms. The second-order valence-corrected chi connectivity index (χ2v) is 6.08. The molecule has 0 saturated carbocycles. The van der Waals surface area contributed by atoms with Crippen molar-refractivity contribution in [1.29, 1.82) is 0 Å². The van der Waals surface area contributed by atoms with Gasteiger partial charge in [0.05, 0.1) is 0 Å². The van der Waals surface area contributed by atoms with Gasteiger partial charge in [-0.05, 0) is 44.9 Å². The Morgan fingerprint density at radius 2 is 1.95 bits per heavy atom. The van der Waals surface area contributed by atoms with E-state index in [0.29, 0.717) is 5.92 Å². The highest BCUT2D eigenvalue weighted by Gasteiger charge is 2.30. The summed E-state index contributed by atoms with van der Waals surface area (Å²) in [6, 6.07) is 7.90. The predicted octanol–water partition coefficient (Wildman–Crippen LogP) is 2.99. The fourth-order valence-corrected chi connectivity index (χ4v) is 2.29. The van der Waals surface area contributed by atoms with Crippen LogP contribution < -0.4 is 5.73 Å². The minimum atomic E-state index is -0.434. The van der Waals surface area contributed by atoms with Gasteiger partial charge in [0.2, 0.25) is 0 Å². The highest BCUT2D eigenvalue weighted by molar-refractivity contribution is 5.68. The number of amides is 1. The third-order valence-electron chi connectivity index (χ3n) is 3.25. The zero-order valence-corrected chi connectivity index (χ0v) is 11.8. The number of carbonyl (C=O) groups is 1. The Balaban J connectivity index is 1.96. The summed E-state index contributed by atoms with van der Waals surface area (Å²) in [7, 11) is 0. The zero-order valence-electron chi connectivity index (χ0n) is 11.8. The maximum atomic E-state index is 12.0. The fourth-order valence-electron chi connectivity index (χ4n) is 2.29. The lowest BCUT2D eigenvalue weighted by Crippen LogP contribution is -2.35. The first-order valence-corrected chi connectivity index (χ1v) is 6.68. The zero-order chi connectivity index (χ0) is 14.0. The van der Waals surface area contributed by atoms with Crippen molar-refractivity contribution in [1.82, 2.24) is 4.90 Å². The number of nitrogens with zero attached hydrogens (tertiary/aromatic N) is 1. The molecule has 0 unspecified atom stereocenters. The molecule has 4 nitrogen and oxygen atoms in total. The number of nitrogen functional groups attached to an aromatic ring is 1. The molecule has 2 rings (SSSR count). The van der Waals surface area contributed by atoms with Crippen molar-refractivity contribution >= 4 is 11.8 Å². The number of carbonyl (C=O) groups excluding carboxylic acids is 1. The van der Waals surface area contributed by atoms with Crippen molar-refractivity contribution in [2.24, 2.45) is 0 Å². The Hall–Kier alpha value is -1.71. The average Bonchev–Trinajstić information content (AvgIpc) is 2.77. The summed E-state index contributed by atoms with van der Waals surface area (Å²) in [5, 5.41) is 0. The molecule has 1 amide bonds. The lowest BCUT2D eigenvalue weighted by atomic mass is 9.98. The number of rotatable bonds is 1. The maximum absolute atomic E-state index is 12.0. The van der Waals surface area contributed by atoms with Gasteiger partial charge in [0.25, 0.3) is 0 Å². The van der Waals surface area contributed by atoms with Gasteiger partial charge in [-0.3, -0.25) is 0 Å². The number of hydrogen-bond donors (Lipinski definition) is 1. The Morgan fingerprint density at radius 3 is 2.53 bits per heavy atom. The van der Waals surface area contributed by atoms with Crippen molar-refractivity contribution in [2.75, 3.05) is 18.8 Å². The van der Waals surface area contributed by atoms with Crippen molar-refractivity contribution in [3.8, 4) is 0 Å². The van der Waals surface area contributed by atoms with Crippen LogP contribution in [0.3, 0.4) is 0 Å². The molecule has 0 aromatic heterocycles. The molecule has 0 bridgehead atoms. The highest BCUT2D eigenvalue weighted by atomic mass is 16.6. The minimum absolute atomic E-state index is 0.217. The average molecular weight is 262 g/mol. The number of likely N-dealkylation sites (tertiary alicyclic amines) is 1. The second-order valence-electron chi connectivity index (χ2n) is 6.08. The molecule has 2 N–H and O–H groups in total. The van der Waals surface area contributed by atoms with Crippen LogP contribution in [-0.2, 0) is 4.74 Å². The molecular formula is C15H22N2O2. The van der Waals surface area contributed by atoms with Gasteiger partial charge in [-0.2, -0.15) is 0 Å². The largest absolute Gasteiger partial charge is 0.444 e. The summed E-state index contributed by atoms with van der Waals surface area (Å²) in [6.07, 6.45) is 0.758. The van der Waals surface area contributed by atoms with Crippen LogP contribution in [0.25, 0.3) is 0 Å². The van der Waals surface area contributed by atoms with E-state index in [0.717, 1.165) is 25.2 Å². The van der Waals surface area contributed by atoms with Gasteiger partial charge in [-0.25, -0.2) is 4.79 Å². The quantitative estimate of drug-likeness (QED) is 0.791. The Morgan fingerprint density at radius 1 is 1.32 bits per heavy atom. The van der Waals surface area contributed by atoms with E-state index in [9.17, 15) is 4.79 Å². The third-order valence-corrected chi connectivity index (χ3v) is 3.25. The van der Waals surface area contributed by atoms with Crippen LogP contribution in [0.1, 0.15) is 38.7 Å². The number of hydrogen-bond acceptors (Lipinski definition) is 3. The number of anilines is 1. The third kappa shape index (κ3) is 3.63. The fraction of sp³-hybridized carbons (Fsp3) is 0.533. The summed E-state index contributed by atoms with van der Waals surface area (Å²) in [5.74, 6) is 0.383. The molecule has 104 valence electrons. The second kappa shape index (κ2) is 5.11. The maximum Gasteiger partial charge on any atom is 0.410 e. The van der Waals surface area contributed by atoms with Crippen molar-refractivity contribution in [3.63, 3.8) is 0 Å². The highest BCUT2D eigenvalue weighted by Crippen LogP contribution is 2.28. The molecule has 1 aromatic rings. The number of benzene rings is 1. The van der Waals surface area contributed by atoms with Gasteiger partial charge in [0.1, 0.15) is 5.60 Å². The molecule has 1 aliphatic rings. The van der Waals surface area contributed by atoms with E-state index >= 15 is 0 Å². The van der Waals surface area contributed by atoms with Crippen LogP contribution >= 0.6 is 0 Å². The lowest BCUT2D eigenvalue weighted by Gasteiger charge is -2.24. The van der Waals surface area contributed by atoms with Crippen molar-refractivity contribution in [3.05, 3.63) is 29.8 Å². The molecule has 1 heterocycles. The first-order valence-electron chi connectivity index (χ1n) is 6.68. The molecule has 1 atom stereocenters. The smallest absolute Gasteiger partial charge is 0.410 e. The van der Waals surface area contributed by atoms with E-state index in [2.05, 4.69) is 0 Å². The number of ether oxygens (including phenoxy) is 1. The van der Waals surface area contributed by atoms with Gasteiger partial charge in [0, 0.05) is 24.7 Å². The van der Waals surface area contributed by atoms with Crippen molar-refractivity contribution < 1.29 is 9.53 Å². The van der Waals surface area contributed by atoms with E-state index in [1.54, 1.807) is 4.90 Å². The summed E-state index contributed by atoms with van der Waals surface area (Å²) in [5.41, 5.74) is 7.26. The summed E-state index contributed by atoms with van der Waals surface area (Å²) in [4.78, 5) is 13.8. The van der Waals surface area contributed by atoms with Crippen molar-refractivity contribution in [2.45, 2.75) is 38.7 Å². The molecule has 1 saturated heterocycles. The van der Waals surface area contributed by atoms with Crippen LogP contribution in [0.2, 0.25) is 0 Å². The van der Waals surface area contributed by atoms with Gasteiger partial charge < -0.3 is 15.4 Å². The van der Waals surface area contributed by atoms with Gasteiger partial charge in [-0.15, -0.1) is 0 Å². The Kier molecular flexibility index (Phi) is 3.69. The Bertz CT molecular complexity index is 448. The van der Waals surface area contributed by atoms with Crippen LogP contribution in [0.4, 0.5) is 10.5 Å². The lowest BCUT2D eigenvalue weighted by molar-refractivity contribution is 0.0292. The number of nitrogens with two attached hydrogens (primary N) is 1. The summed E-state index contributed by atoms with van der Waals surface area (Å²) in [6.45, 7) is 7.14. The molecule has 1 aliphatic heterocycles. The topological polar surface area (TPSA) is 55.6 Å². The Labute approximate surface area is 114 Å². The van der Waals surface area contributed by atoms with E-state index in [1.807, 2.05) is 45.0 Å². The van der Waals surface area contributed by atoms with Gasteiger partial charge in [-0.1, -0.05) is 12.1 Å². The monoisotopic (exact) mass is 262 g/mol. The molecule has 0 aliphatic carbocycles. The first-order chi connectivity index (χ1) is 8.85. The molecule has 1 aromatic carbocycles. The predicted molar refractivity (Wildman–Crippen MR) is 76.0 cm³/mol. The van der Waals surface area contributed by atoms with Crippen LogP contribution in [0.5, 0.6) is 0 Å². The molecule has 0 radical (unpaired) electrons. The molecule has 4 heteroatoms. The first kappa shape index (κ1) is 13.7. The summed E-state index contributed by atoms with van der Waals surface area (Å²) < 4.78 is 5.39. The van der Waals surface area contributed by atoms with Crippen LogP contribution in [0, 0.1) is 0 Å². The van der Waals surface area contributed by atoms with E-state index < -0.39 is 5.60 Å².